The van der Waals surface area contributed by atoms with E-state index in [1.165, 1.54) is 0 Å². The highest BCUT2D eigenvalue weighted by molar-refractivity contribution is 6.32. The summed E-state index contributed by atoms with van der Waals surface area (Å²) in [6.45, 7) is 3.39. The summed E-state index contributed by atoms with van der Waals surface area (Å²) in [7, 11) is 0. The van der Waals surface area contributed by atoms with Gasteiger partial charge in [-0.2, -0.15) is 0 Å². The van der Waals surface area contributed by atoms with Gasteiger partial charge in [-0.3, -0.25) is 0 Å². The number of benzene rings is 1. The van der Waals surface area contributed by atoms with Gasteiger partial charge in [0.15, 0.2) is 0 Å². The average molecular weight is 241 g/mol. The van der Waals surface area contributed by atoms with E-state index in [2.05, 4.69) is 0 Å². The molecule has 16 heavy (non-hydrogen) atoms. The van der Waals surface area contributed by atoms with Crippen molar-refractivity contribution in [2.45, 2.75) is 25.9 Å². The Morgan fingerprint density at radius 2 is 2.31 bits per heavy atom. The van der Waals surface area contributed by atoms with E-state index < -0.39 is 6.10 Å². The van der Waals surface area contributed by atoms with Crippen LogP contribution in [0.5, 0.6) is 0 Å². The van der Waals surface area contributed by atoms with E-state index in [9.17, 15) is 5.11 Å². The van der Waals surface area contributed by atoms with E-state index >= 15 is 0 Å². The lowest BCUT2D eigenvalue weighted by Crippen LogP contribution is -2.23. The molecule has 3 heteroatoms. The van der Waals surface area contributed by atoms with Crippen molar-refractivity contribution in [3.63, 3.8) is 0 Å². The number of halogens is 1. The van der Waals surface area contributed by atoms with Gasteiger partial charge in [-0.1, -0.05) is 29.8 Å². The minimum absolute atomic E-state index is 0.174. The van der Waals surface area contributed by atoms with Crippen LogP contribution in [0.1, 0.15) is 30.1 Å². The number of aryl methyl sites for hydroxylation is 1. The van der Waals surface area contributed by atoms with Crippen molar-refractivity contribution in [1.82, 2.24) is 0 Å². The van der Waals surface area contributed by atoms with E-state index in [-0.39, 0.29) is 5.92 Å². The first-order valence-corrected chi connectivity index (χ1v) is 6.09. The molecule has 1 fully saturated rings. The molecule has 1 aliphatic heterocycles. The van der Waals surface area contributed by atoms with Crippen LogP contribution in [0.4, 0.5) is 0 Å². The maximum atomic E-state index is 10.3. The molecular weight excluding hydrogens is 224 g/mol. The molecule has 0 bridgehead atoms. The van der Waals surface area contributed by atoms with Crippen molar-refractivity contribution in [3.05, 3.63) is 34.3 Å². The largest absolute Gasteiger partial charge is 0.388 e. The van der Waals surface area contributed by atoms with Gasteiger partial charge in [0.2, 0.25) is 0 Å². The highest BCUT2D eigenvalue weighted by Gasteiger charge is 2.25. The molecule has 0 aliphatic carbocycles. The highest BCUT2D eigenvalue weighted by Crippen LogP contribution is 2.33. The van der Waals surface area contributed by atoms with Crippen LogP contribution in [0.2, 0.25) is 5.02 Å². The summed E-state index contributed by atoms with van der Waals surface area (Å²) < 4.78 is 5.39. The van der Waals surface area contributed by atoms with E-state index in [0.29, 0.717) is 11.6 Å². The molecule has 1 heterocycles. The lowest BCUT2D eigenvalue weighted by atomic mass is 9.90. The molecule has 88 valence electrons. The Kier molecular flexibility index (Phi) is 3.85. The molecule has 2 atom stereocenters. The normalized spacial score (nSPS) is 23.1. The molecule has 0 radical (unpaired) electrons. The van der Waals surface area contributed by atoms with Crippen molar-refractivity contribution in [3.8, 4) is 0 Å². The first-order valence-electron chi connectivity index (χ1n) is 5.71. The van der Waals surface area contributed by atoms with Crippen LogP contribution >= 0.6 is 11.6 Å². The van der Waals surface area contributed by atoms with E-state index in [4.69, 9.17) is 16.3 Å². The average Bonchev–Trinajstić information content (AvgIpc) is 2.33. The first-order chi connectivity index (χ1) is 7.70. The molecule has 1 saturated heterocycles. The molecule has 1 aromatic carbocycles. The minimum Gasteiger partial charge on any atom is -0.388 e. The van der Waals surface area contributed by atoms with Crippen molar-refractivity contribution < 1.29 is 9.84 Å². The fourth-order valence-corrected chi connectivity index (χ4v) is 2.40. The van der Waals surface area contributed by atoms with Crippen molar-refractivity contribution >= 4 is 11.6 Å². The number of ether oxygens (including phenoxy) is 1. The van der Waals surface area contributed by atoms with Gasteiger partial charge in [0.1, 0.15) is 0 Å². The predicted molar refractivity (Wildman–Crippen MR) is 64.7 cm³/mol. The van der Waals surface area contributed by atoms with Crippen molar-refractivity contribution in [1.29, 1.82) is 0 Å². The van der Waals surface area contributed by atoms with E-state index in [1.54, 1.807) is 0 Å². The number of aliphatic hydroxyl groups is 1. The van der Waals surface area contributed by atoms with Crippen molar-refractivity contribution in [2.75, 3.05) is 13.2 Å². The Hall–Kier alpha value is -0.570. The Morgan fingerprint density at radius 1 is 1.50 bits per heavy atom. The predicted octanol–water partition coefficient (Wildman–Crippen LogP) is 3.11. The molecule has 0 saturated carbocycles. The molecule has 0 spiro atoms. The summed E-state index contributed by atoms with van der Waals surface area (Å²) in [5.74, 6) is 0.174. The molecular formula is C13H17ClO2. The van der Waals surface area contributed by atoms with Crippen LogP contribution < -0.4 is 0 Å². The fraction of sp³-hybridized carbons (Fsp3) is 0.538. The van der Waals surface area contributed by atoms with Gasteiger partial charge in [0.05, 0.1) is 12.7 Å². The summed E-state index contributed by atoms with van der Waals surface area (Å²) in [4.78, 5) is 0. The molecule has 0 amide bonds. The maximum absolute atomic E-state index is 10.3. The molecule has 1 aromatic rings. The second kappa shape index (κ2) is 5.17. The van der Waals surface area contributed by atoms with E-state index in [0.717, 1.165) is 30.6 Å². The molecule has 0 aromatic heterocycles. The molecule has 1 aliphatic rings. The smallest absolute Gasteiger partial charge is 0.0854 e. The Bertz CT molecular complexity index is 359. The molecule has 2 unspecified atom stereocenters. The lowest BCUT2D eigenvalue weighted by molar-refractivity contribution is -0.00994. The zero-order chi connectivity index (χ0) is 11.5. The Morgan fingerprint density at radius 3 is 3.00 bits per heavy atom. The summed E-state index contributed by atoms with van der Waals surface area (Å²) in [6.07, 6.45) is 1.52. The SMILES string of the molecule is Cc1cccc(C(O)C2CCCOC2)c1Cl. The fourth-order valence-electron chi connectivity index (χ4n) is 2.17. The van der Waals surface area contributed by atoms with Crippen molar-refractivity contribution in [2.24, 2.45) is 5.92 Å². The van der Waals surface area contributed by atoms with Gasteiger partial charge < -0.3 is 9.84 Å². The van der Waals surface area contributed by atoms with Crippen LogP contribution in [0.25, 0.3) is 0 Å². The Balaban J connectivity index is 2.19. The lowest BCUT2D eigenvalue weighted by Gasteiger charge is -2.27. The highest BCUT2D eigenvalue weighted by atomic mass is 35.5. The van der Waals surface area contributed by atoms with Gasteiger partial charge in [-0.15, -0.1) is 0 Å². The van der Waals surface area contributed by atoms with Crippen LogP contribution in [0, 0.1) is 12.8 Å². The maximum Gasteiger partial charge on any atom is 0.0854 e. The third-order valence-corrected chi connectivity index (χ3v) is 3.70. The van der Waals surface area contributed by atoms with Gasteiger partial charge in [0, 0.05) is 17.5 Å². The van der Waals surface area contributed by atoms with Gasteiger partial charge in [0.25, 0.3) is 0 Å². The topological polar surface area (TPSA) is 29.5 Å². The number of hydrogen-bond donors (Lipinski definition) is 1. The third-order valence-electron chi connectivity index (χ3n) is 3.18. The summed E-state index contributed by atoms with van der Waals surface area (Å²) in [6, 6.07) is 5.79. The first kappa shape index (κ1) is 11.9. The summed E-state index contributed by atoms with van der Waals surface area (Å²) in [5.41, 5.74) is 1.84. The van der Waals surface area contributed by atoms with Gasteiger partial charge in [-0.05, 0) is 30.9 Å². The molecule has 1 N–H and O–H groups in total. The number of hydrogen-bond acceptors (Lipinski definition) is 2. The standard InChI is InChI=1S/C13H17ClO2/c1-9-4-2-6-11(12(9)14)13(15)10-5-3-7-16-8-10/h2,4,6,10,13,15H,3,5,7-8H2,1H3. The molecule has 2 nitrogen and oxygen atoms in total. The van der Waals surface area contributed by atoms with Crippen LogP contribution in [0.3, 0.4) is 0 Å². The van der Waals surface area contributed by atoms with Gasteiger partial charge >= 0.3 is 0 Å². The van der Waals surface area contributed by atoms with E-state index in [1.807, 2.05) is 25.1 Å². The zero-order valence-electron chi connectivity index (χ0n) is 9.45. The third kappa shape index (κ3) is 2.40. The molecule has 2 rings (SSSR count). The quantitative estimate of drug-likeness (QED) is 0.861. The van der Waals surface area contributed by atoms with Crippen LogP contribution in [-0.4, -0.2) is 18.3 Å². The Labute approximate surface area is 101 Å². The second-order valence-corrected chi connectivity index (χ2v) is 4.78. The number of rotatable bonds is 2. The minimum atomic E-state index is -0.507. The number of aliphatic hydroxyl groups excluding tert-OH is 1. The summed E-state index contributed by atoms with van der Waals surface area (Å²) >= 11 is 6.21. The second-order valence-electron chi connectivity index (χ2n) is 4.40. The van der Waals surface area contributed by atoms with Crippen LogP contribution in [0.15, 0.2) is 18.2 Å². The van der Waals surface area contributed by atoms with Gasteiger partial charge in [-0.25, -0.2) is 0 Å². The monoisotopic (exact) mass is 240 g/mol. The zero-order valence-corrected chi connectivity index (χ0v) is 10.2. The summed E-state index contributed by atoms with van der Waals surface area (Å²) in [5, 5.41) is 11.0. The van der Waals surface area contributed by atoms with Crippen LogP contribution in [-0.2, 0) is 4.74 Å².